The van der Waals surface area contributed by atoms with E-state index in [1.807, 2.05) is 0 Å². The smallest absolute Gasteiger partial charge is 0.333 e. The zero-order chi connectivity index (χ0) is 16.3. The Morgan fingerprint density at radius 2 is 1.81 bits per heavy atom. The monoisotopic (exact) mass is 306 g/mol. The summed E-state index contributed by atoms with van der Waals surface area (Å²) in [5.41, 5.74) is 0.312. The van der Waals surface area contributed by atoms with Crippen molar-refractivity contribution < 1.29 is 26.7 Å². The SMILES string of the molecule is CCN(Cc1ccccc1C#N)C(=O)C(F)(F)C(F)(F)F. The minimum absolute atomic E-state index is 0.110. The number of nitrogens with zero attached hydrogens (tertiary/aromatic N) is 2. The number of benzene rings is 1. The second-order valence-electron chi connectivity index (χ2n) is 4.16. The molecule has 8 heteroatoms. The fraction of sp³-hybridized carbons (Fsp3) is 0.385. The summed E-state index contributed by atoms with van der Waals surface area (Å²) >= 11 is 0. The van der Waals surface area contributed by atoms with Gasteiger partial charge in [0.25, 0.3) is 0 Å². The van der Waals surface area contributed by atoms with Crippen molar-refractivity contribution >= 4 is 5.91 Å². The number of alkyl halides is 5. The summed E-state index contributed by atoms with van der Waals surface area (Å²) in [7, 11) is 0. The van der Waals surface area contributed by atoms with Gasteiger partial charge in [-0.05, 0) is 18.6 Å². The molecule has 1 amide bonds. The lowest BCUT2D eigenvalue weighted by atomic mass is 10.1. The first-order valence-corrected chi connectivity index (χ1v) is 5.87. The Kier molecular flexibility index (Phi) is 4.88. The van der Waals surface area contributed by atoms with Crippen molar-refractivity contribution in [3.8, 4) is 6.07 Å². The Balaban J connectivity index is 3.05. The van der Waals surface area contributed by atoms with Crippen LogP contribution in [0.25, 0.3) is 0 Å². The average Bonchev–Trinajstić information content (AvgIpc) is 2.43. The number of carbonyl (C=O) groups excluding carboxylic acids is 1. The minimum atomic E-state index is -5.95. The lowest BCUT2D eigenvalue weighted by Crippen LogP contribution is -2.51. The van der Waals surface area contributed by atoms with E-state index in [2.05, 4.69) is 0 Å². The molecule has 0 unspecified atom stereocenters. The molecule has 0 aliphatic rings. The first-order valence-electron chi connectivity index (χ1n) is 5.87. The van der Waals surface area contributed by atoms with E-state index in [0.29, 0.717) is 4.90 Å². The van der Waals surface area contributed by atoms with Gasteiger partial charge in [-0.15, -0.1) is 0 Å². The highest BCUT2D eigenvalue weighted by Crippen LogP contribution is 2.37. The molecular formula is C13H11F5N2O. The summed E-state index contributed by atoms with van der Waals surface area (Å²) in [6, 6.07) is 7.57. The van der Waals surface area contributed by atoms with Crippen molar-refractivity contribution in [1.82, 2.24) is 4.90 Å². The van der Waals surface area contributed by atoms with E-state index in [1.165, 1.54) is 31.2 Å². The van der Waals surface area contributed by atoms with Crippen molar-refractivity contribution in [3.05, 3.63) is 35.4 Å². The summed E-state index contributed by atoms with van der Waals surface area (Å²) in [5, 5.41) is 8.85. The van der Waals surface area contributed by atoms with Crippen LogP contribution >= 0.6 is 0 Å². The number of nitriles is 1. The van der Waals surface area contributed by atoms with Gasteiger partial charge in [0.05, 0.1) is 11.6 Å². The lowest BCUT2D eigenvalue weighted by molar-refractivity contribution is -0.274. The number of halogens is 5. The van der Waals surface area contributed by atoms with Crippen molar-refractivity contribution in [2.45, 2.75) is 25.6 Å². The molecule has 0 bridgehead atoms. The molecule has 0 spiro atoms. The standard InChI is InChI=1S/C13H11F5N2O/c1-2-20(11(21)12(14,15)13(16,17)18)8-10-6-4-3-5-9(10)7-19/h3-6H,2,8H2,1H3. The van der Waals surface area contributed by atoms with Crippen molar-refractivity contribution in [2.24, 2.45) is 0 Å². The Morgan fingerprint density at radius 3 is 2.29 bits per heavy atom. The average molecular weight is 306 g/mol. The van der Waals surface area contributed by atoms with E-state index in [4.69, 9.17) is 5.26 Å². The van der Waals surface area contributed by atoms with E-state index in [0.717, 1.165) is 0 Å². The maximum Gasteiger partial charge on any atom is 0.463 e. The molecule has 21 heavy (non-hydrogen) atoms. The number of hydrogen-bond donors (Lipinski definition) is 0. The maximum atomic E-state index is 13.1. The van der Waals surface area contributed by atoms with Crippen LogP contribution in [-0.4, -0.2) is 29.5 Å². The fourth-order valence-electron chi connectivity index (χ4n) is 1.62. The van der Waals surface area contributed by atoms with E-state index < -0.39 is 24.6 Å². The van der Waals surface area contributed by atoms with Crippen LogP contribution in [0.4, 0.5) is 22.0 Å². The topological polar surface area (TPSA) is 44.1 Å². The fourth-order valence-corrected chi connectivity index (χ4v) is 1.62. The van der Waals surface area contributed by atoms with Crippen LogP contribution in [0, 0.1) is 11.3 Å². The van der Waals surface area contributed by atoms with E-state index in [-0.39, 0.29) is 17.7 Å². The van der Waals surface area contributed by atoms with Crippen LogP contribution in [0.5, 0.6) is 0 Å². The van der Waals surface area contributed by atoms with E-state index in [1.54, 1.807) is 6.07 Å². The summed E-state index contributed by atoms with van der Waals surface area (Å²) in [6.07, 6.45) is -5.95. The van der Waals surface area contributed by atoms with Gasteiger partial charge in [-0.25, -0.2) is 0 Å². The molecule has 1 aromatic carbocycles. The summed E-state index contributed by atoms with van der Waals surface area (Å²) in [4.78, 5) is 11.8. The molecule has 3 nitrogen and oxygen atoms in total. The molecule has 0 aliphatic carbocycles. The third-order valence-corrected chi connectivity index (χ3v) is 2.79. The largest absolute Gasteiger partial charge is 0.463 e. The highest BCUT2D eigenvalue weighted by atomic mass is 19.4. The minimum Gasteiger partial charge on any atom is -0.333 e. The number of hydrogen-bond acceptors (Lipinski definition) is 2. The van der Waals surface area contributed by atoms with E-state index in [9.17, 15) is 26.7 Å². The van der Waals surface area contributed by atoms with Gasteiger partial charge in [0, 0.05) is 13.1 Å². The number of amides is 1. The normalized spacial score (nSPS) is 11.9. The second-order valence-corrected chi connectivity index (χ2v) is 4.16. The number of carbonyl (C=O) groups is 1. The van der Waals surface area contributed by atoms with Crippen molar-refractivity contribution in [2.75, 3.05) is 6.54 Å². The molecule has 0 N–H and O–H groups in total. The van der Waals surface area contributed by atoms with Gasteiger partial charge in [-0.1, -0.05) is 18.2 Å². The Labute approximate surface area is 117 Å². The van der Waals surface area contributed by atoms with Crippen LogP contribution in [0.2, 0.25) is 0 Å². The van der Waals surface area contributed by atoms with Crippen LogP contribution in [0.3, 0.4) is 0 Å². The van der Waals surface area contributed by atoms with Gasteiger partial charge in [0.2, 0.25) is 0 Å². The molecule has 0 fully saturated rings. The molecule has 1 rings (SSSR count). The summed E-state index contributed by atoms with van der Waals surface area (Å²) in [6.45, 7) is 0.439. The Hall–Kier alpha value is -2.17. The molecule has 1 aromatic rings. The lowest BCUT2D eigenvalue weighted by Gasteiger charge is -2.27. The predicted molar refractivity (Wildman–Crippen MR) is 63.3 cm³/mol. The molecule has 0 heterocycles. The molecule has 0 saturated heterocycles. The first-order chi connectivity index (χ1) is 9.65. The zero-order valence-electron chi connectivity index (χ0n) is 10.9. The van der Waals surface area contributed by atoms with Gasteiger partial charge in [0.15, 0.2) is 0 Å². The summed E-state index contributed by atoms with van der Waals surface area (Å²) < 4.78 is 62.8. The van der Waals surface area contributed by atoms with Gasteiger partial charge >= 0.3 is 18.0 Å². The molecule has 0 aliphatic heterocycles. The van der Waals surface area contributed by atoms with E-state index >= 15 is 0 Å². The Morgan fingerprint density at radius 1 is 1.24 bits per heavy atom. The molecule has 0 atom stereocenters. The van der Waals surface area contributed by atoms with Crippen LogP contribution in [0.15, 0.2) is 24.3 Å². The molecule has 0 radical (unpaired) electrons. The number of rotatable bonds is 4. The van der Waals surface area contributed by atoms with Gasteiger partial charge in [-0.3, -0.25) is 4.79 Å². The highest BCUT2D eigenvalue weighted by molar-refractivity contribution is 5.84. The van der Waals surface area contributed by atoms with Crippen LogP contribution in [0.1, 0.15) is 18.1 Å². The van der Waals surface area contributed by atoms with Crippen LogP contribution < -0.4 is 0 Å². The Bertz CT molecular complexity index is 562. The second kappa shape index (κ2) is 6.08. The van der Waals surface area contributed by atoms with Gasteiger partial charge in [0.1, 0.15) is 0 Å². The van der Waals surface area contributed by atoms with Crippen molar-refractivity contribution in [1.29, 1.82) is 5.26 Å². The molecule has 114 valence electrons. The third kappa shape index (κ3) is 3.48. The summed E-state index contributed by atoms with van der Waals surface area (Å²) in [5.74, 6) is -7.78. The highest BCUT2D eigenvalue weighted by Gasteiger charge is 2.64. The maximum absolute atomic E-state index is 13.1. The molecular weight excluding hydrogens is 295 g/mol. The van der Waals surface area contributed by atoms with Crippen LogP contribution in [-0.2, 0) is 11.3 Å². The quantitative estimate of drug-likeness (QED) is 0.802. The van der Waals surface area contributed by atoms with Gasteiger partial charge in [-0.2, -0.15) is 27.2 Å². The third-order valence-electron chi connectivity index (χ3n) is 2.79. The van der Waals surface area contributed by atoms with Crippen molar-refractivity contribution in [3.63, 3.8) is 0 Å². The zero-order valence-corrected chi connectivity index (χ0v) is 10.9. The van der Waals surface area contributed by atoms with Gasteiger partial charge < -0.3 is 4.90 Å². The molecule has 0 aromatic heterocycles. The predicted octanol–water partition coefficient (Wildman–Crippen LogP) is 3.10. The molecule has 0 saturated carbocycles. The first kappa shape index (κ1) is 16.9.